The molecule has 1 N–H and O–H groups in total. The van der Waals surface area contributed by atoms with Crippen LogP contribution in [0.4, 0.5) is 11.4 Å². The zero-order chi connectivity index (χ0) is 11.4. The highest BCUT2D eigenvalue weighted by Crippen LogP contribution is 2.32. The summed E-state index contributed by atoms with van der Waals surface area (Å²) >= 11 is 0. The number of hydrogen-bond donors (Lipinski definition) is 1. The lowest BCUT2D eigenvalue weighted by atomic mass is 10.0. The Kier molecular flexibility index (Phi) is 3.70. The first-order chi connectivity index (χ1) is 7.86. The van der Waals surface area contributed by atoms with Crippen LogP contribution in [0.5, 0.6) is 0 Å². The van der Waals surface area contributed by atoms with Gasteiger partial charge < -0.3 is 10.2 Å². The summed E-state index contributed by atoms with van der Waals surface area (Å²) in [5.41, 5.74) is 2.68. The maximum absolute atomic E-state index is 3.54. The highest BCUT2D eigenvalue weighted by Gasteiger charge is 2.23. The summed E-state index contributed by atoms with van der Waals surface area (Å²) in [5, 5.41) is 3.54. The Balaban J connectivity index is 2.24. The van der Waals surface area contributed by atoms with Gasteiger partial charge in [0, 0.05) is 19.1 Å². The van der Waals surface area contributed by atoms with Crippen molar-refractivity contribution in [3.8, 4) is 0 Å². The minimum Gasteiger partial charge on any atom is -0.381 e. The Hall–Kier alpha value is -1.18. The summed E-state index contributed by atoms with van der Waals surface area (Å²) in [5.74, 6) is 0. The molecule has 0 saturated carbocycles. The smallest absolute Gasteiger partial charge is 0.0605 e. The van der Waals surface area contributed by atoms with Gasteiger partial charge in [-0.1, -0.05) is 32.4 Å². The van der Waals surface area contributed by atoms with E-state index in [1.807, 2.05) is 0 Å². The number of benzene rings is 1. The van der Waals surface area contributed by atoms with Gasteiger partial charge in [-0.25, -0.2) is 0 Å². The third-order valence-electron chi connectivity index (χ3n) is 3.27. The fourth-order valence-corrected chi connectivity index (χ4v) is 2.54. The van der Waals surface area contributed by atoms with Crippen LogP contribution in [0.25, 0.3) is 0 Å². The molecule has 1 atom stereocenters. The van der Waals surface area contributed by atoms with Crippen LogP contribution in [0, 0.1) is 0 Å². The molecule has 0 aliphatic carbocycles. The average molecular weight is 218 g/mol. The van der Waals surface area contributed by atoms with Crippen LogP contribution in [-0.2, 0) is 0 Å². The van der Waals surface area contributed by atoms with Gasteiger partial charge in [0.05, 0.1) is 11.4 Å². The maximum Gasteiger partial charge on any atom is 0.0605 e. The molecule has 2 nitrogen and oxygen atoms in total. The van der Waals surface area contributed by atoms with Crippen molar-refractivity contribution < 1.29 is 0 Å². The first kappa shape index (κ1) is 11.3. The molecule has 0 spiro atoms. The van der Waals surface area contributed by atoms with E-state index in [0.717, 1.165) is 6.54 Å². The number of rotatable bonds is 4. The fraction of sp³-hybridized carbons (Fsp3) is 0.571. The topological polar surface area (TPSA) is 15.3 Å². The van der Waals surface area contributed by atoms with Gasteiger partial charge in [0.2, 0.25) is 0 Å². The maximum atomic E-state index is 3.54. The van der Waals surface area contributed by atoms with Gasteiger partial charge in [-0.15, -0.1) is 0 Å². The number of nitrogens with zero attached hydrogens (tertiary/aromatic N) is 1. The van der Waals surface area contributed by atoms with Gasteiger partial charge in [-0.2, -0.15) is 0 Å². The molecule has 1 aromatic rings. The van der Waals surface area contributed by atoms with Gasteiger partial charge in [-0.05, 0) is 25.0 Å². The molecule has 1 aliphatic rings. The van der Waals surface area contributed by atoms with E-state index in [1.54, 1.807) is 0 Å². The summed E-state index contributed by atoms with van der Waals surface area (Å²) in [4.78, 5) is 2.58. The van der Waals surface area contributed by atoms with E-state index < -0.39 is 0 Å². The second kappa shape index (κ2) is 5.24. The Bertz CT molecular complexity index is 335. The van der Waals surface area contributed by atoms with Gasteiger partial charge in [-0.3, -0.25) is 0 Å². The molecule has 0 aromatic heterocycles. The number of para-hydroxylation sites is 2. The van der Waals surface area contributed by atoms with Gasteiger partial charge in [0.1, 0.15) is 0 Å². The van der Waals surface area contributed by atoms with Crippen LogP contribution < -0.4 is 10.2 Å². The van der Waals surface area contributed by atoms with Crippen molar-refractivity contribution in [1.82, 2.24) is 0 Å². The molecule has 1 unspecified atom stereocenters. The van der Waals surface area contributed by atoms with E-state index in [9.17, 15) is 0 Å². The molecule has 1 heterocycles. The zero-order valence-electron chi connectivity index (χ0n) is 10.4. The molecular formula is C14H22N2. The minimum absolute atomic E-state index is 0.667. The summed E-state index contributed by atoms with van der Waals surface area (Å²) < 4.78 is 0. The van der Waals surface area contributed by atoms with Crippen molar-refractivity contribution in [2.45, 2.75) is 39.2 Å². The first-order valence-corrected chi connectivity index (χ1v) is 6.46. The fourth-order valence-electron chi connectivity index (χ4n) is 2.54. The van der Waals surface area contributed by atoms with Crippen LogP contribution in [0.3, 0.4) is 0 Å². The van der Waals surface area contributed by atoms with Crippen molar-refractivity contribution in [1.29, 1.82) is 0 Å². The minimum atomic E-state index is 0.667. The number of fused-ring (bicyclic) bond motifs is 1. The van der Waals surface area contributed by atoms with Crippen molar-refractivity contribution in [3.05, 3.63) is 24.3 Å². The summed E-state index contributed by atoms with van der Waals surface area (Å²) in [7, 11) is 0. The molecule has 88 valence electrons. The third kappa shape index (κ3) is 2.16. The standard InChI is InChI=1S/C14H22N2/c1-3-7-12-11-15-13-8-5-6-9-14(13)16(12)10-4-2/h5-6,8-9,12,15H,3-4,7,10-11H2,1-2H3. The van der Waals surface area contributed by atoms with Crippen LogP contribution in [0.2, 0.25) is 0 Å². The highest BCUT2D eigenvalue weighted by molar-refractivity contribution is 5.72. The SMILES string of the molecule is CCCC1CNc2ccccc2N1CCC. The Labute approximate surface area is 98.7 Å². The number of anilines is 2. The number of nitrogens with one attached hydrogen (secondary N) is 1. The summed E-state index contributed by atoms with van der Waals surface area (Å²) in [6.07, 6.45) is 3.75. The molecule has 1 aliphatic heterocycles. The van der Waals surface area contributed by atoms with Crippen molar-refractivity contribution in [2.24, 2.45) is 0 Å². The second-order valence-electron chi connectivity index (χ2n) is 4.53. The van der Waals surface area contributed by atoms with E-state index in [1.165, 1.54) is 37.2 Å². The van der Waals surface area contributed by atoms with Crippen LogP contribution in [0.15, 0.2) is 24.3 Å². The quantitative estimate of drug-likeness (QED) is 0.832. The molecule has 0 fully saturated rings. The normalized spacial score (nSPS) is 19.1. The van der Waals surface area contributed by atoms with Crippen LogP contribution >= 0.6 is 0 Å². The number of hydrogen-bond acceptors (Lipinski definition) is 2. The average Bonchev–Trinajstić information content (AvgIpc) is 2.32. The third-order valence-corrected chi connectivity index (χ3v) is 3.27. The molecule has 0 radical (unpaired) electrons. The van der Waals surface area contributed by atoms with Crippen LogP contribution in [-0.4, -0.2) is 19.1 Å². The molecule has 16 heavy (non-hydrogen) atoms. The largest absolute Gasteiger partial charge is 0.381 e. The van der Waals surface area contributed by atoms with E-state index in [4.69, 9.17) is 0 Å². The lowest BCUT2D eigenvalue weighted by Gasteiger charge is -2.39. The summed E-state index contributed by atoms with van der Waals surface area (Å²) in [6, 6.07) is 9.33. The zero-order valence-corrected chi connectivity index (χ0v) is 10.4. The van der Waals surface area contributed by atoms with Crippen molar-refractivity contribution in [3.63, 3.8) is 0 Å². The second-order valence-corrected chi connectivity index (χ2v) is 4.53. The molecule has 0 amide bonds. The predicted octanol–water partition coefficient (Wildman–Crippen LogP) is 3.50. The van der Waals surface area contributed by atoms with Gasteiger partial charge in [0.15, 0.2) is 0 Å². The molecule has 2 heteroatoms. The van der Waals surface area contributed by atoms with Gasteiger partial charge in [0.25, 0.3) is 0 Å². The van der Waals surface area contributed by atoms with E-state index in [-0.39, 0.29) is 0 Å². The Morgan fingerprint density at radius 3 is 2.81 bits per heavy atom. The molecular weight excluding hydrogens is 196 g/mol. The first-order valence-electron chi connectivity index (χ1n) is 6.46. The van der Waals surface area contributed by atoms with Crippen molar-refractivity contribution >= 4 is 11.4 Å². The lowest BCUT2D eigenvalue weighted by molar-refractivity contribution is 0.548. The van der Waals surface area contributed by atoms with E-state index >= 15 is 0 Å². The molecule has 2 rings (SSSR count). The molecule has 0 bridgehead atoms. The monoisotopic (exact) mass is 218 g/mol. The highest BCUT2D eigenvalue weighted by atomic mass is 15.2. The van der Waals surface area contributed by atoms with E-state index in [0.29, 0.717) is 6.04 Å². The molecule has 0 saturated heterocycles. The lowest BCUT2D eigenvalue weighted by Crippen LogP contribution is -2.44. The predicted molar refractivity (Wildman–Crippen MR) is 71.3 cm³/mol. The van der Waals surface area contributed by atoms with Gasteiger partial charge >= 0.3 is 0 Å². The summed E-state index contributed by atoms with van der Waals surface area (Å²) in [6.45, 7) is 6.78. The van der Waals surface area contributed by atoms with E-state index in [2.05, 4.69) is 48.3 Å². The Morgan fingerprint density at radius 2 is 2.06 bits per heavy atom. The van der Waals surface area contributed by atoms with Crippen molar-refractivity contribution in [2.75, 3.05) is 23.3 Å². The Morgan fingerprint density at radius 1 is 1.25 bits per heavy atom. The molecule has 1 aromatic carbocycles. The van der Waals surface area contributed by atoms with Crippen LogP contribution in [0.1, 0.15) is 33.1 Å².